The van der Waals surface area contributed by atoms with Gasteiger partial charge < -0.3 is 15.4 Å². The largest absolute Gasteiger partial charge is 0.374 e. The van der Waals surface area contributed by atoms with E-state index in [2.05, 4.69) is 34.4 Å². The van der Waals surface area contributed by atoms with Crippen molar-refractivity contribution in [3.63, 3.8) is 0 Å². The number of rotatable bonds is 4. The summed E-state index contributed by atoms with van der Waals surface area (Å²) in [5, 5.41) is 6.52. The minimum Gasteiger partial charge on any atom is -0.374 e. The SMILES string of the molecule is CC(C)CN1CCO[C@H](CNC2=NCCN2)C1. The van der Waals surface area contributed by atoms with Crippen LogP contribution >= 0.6 is 0 Å². The number of guanidine groups is 1. The summed E-state index contributed by atoms with van der Waals surface area (Å²) in [5.41, 5.74) is 0. The summed E-state index contributed by atoms with van der Waals surface area (Å²) in [6, 6.07) is 0. The van der Waals surface area contributed by atoms with Gasteiger partial charge in [0.25, 0.3) is 0 Å². The molecule has 5 nitrogen and oxygen atoms in total. The van der Waals surface area contributed by atoms with Crippen LogP contribution in [-0.4, -0.2) is 62.8 Å². The second-order valence-corrected chi connectivity index (χ2v) is 5.18. The average Bonchev–Trinajstić information content (AvgIpc) is 2.79. The third kappa shape index (κ3) is 4.16. The van der Waals surface area contributed by atoms with Gasteiger partial charge in [-0.2, -0.15) is 0 Å². The van der Waals surface area contributed by atoms with E-state index in [-0.39, 0.29) is 6.10 Å². The Hall–Kier alpha value is -0.810. The molecule has 17 heavy (non-hydrogen) atoms. The van der Waals surface area contributed by atoms with Crippen LogP contribution in [0.25, 0.3) is 0 Å². The third-order valence-corrected chi connectivity index (χ3v) is 3.02. The van der Waals surface area contributed by atoms with Crippen molar-refractivity contribution in [3.05, 3.63) is 0 Å². The van der Waals surface area contributed by atoms with Crippen molar-refractivity contribution in [2.75, 3.05) is 45.9 Å². The molecular weight excluding hydrogens is 216 g/mol. The second-order valence-electron chi connectivity index (χ2n) is 5.18. The number of nitrogens with one attached hydrogen (secondary N) is 2. The van der Waals surface area contributed by atoms with E-state index in [1.165, 1.54) is 6.54 Å². The van der Waals surface area contributed by atoms with Gasteiger partial charge in [0, 0.05) is 32.7 Å². The van der Waals surface area contributed by atoms with Crippen LogP contribution in [0.2, 0.25) is 0 Å². The maximum Gasteiger partial charge on any atom is 0.191 e. The van der Waals surface area contributed by atoms with Gasteiger partial charge in [0.2, 0.25) is 0 Å². The molecule has 0 aromatic heterocycles. The molecule has 0 radical (unpaired) electrons. The summed E-state index contributed by atoms with van der Waals surface area (Å²) < 4.78 is 5.76. The molecule has 2 aliphatic rings. The maximum absolute atomic E-state index is 5.76. The van der Waals surface area contributed by atoms with Crippen LogP contribution in [0.5, 0.6) is 0 Å². The van der Waals surface area contributed by atoms with Gasteiger partial charge in [-0.1, -0.05) is 13.8 Å². The zero-order valence-electron chi connectivity index (χ0n) is 10.9. The predicted molar refractivity (Wildman–Crippen MR) is 69.3 cm³/mol. The Morgan fingerprint density at radius 2 is 2.47 bits per heavy atom. The highest BCUT2D eigenvalue weighted by molar-refractivity contribution is 5.81. The smallest absolute Gasteiger partial charge is 0.191 e. The molecule has 0 spiro atoms. The molecule has 0 aromatic carbocycles. The molecule has 0 saturated carbocycles. The highest BCUT2D eigenvalue weighted by Crippen LogP contribution is 2.07. The van der Waals surface area contributed by atoms with E-state index in [0.29, 0.717) is 0 Å². The van der Waals surface area contributed by atoms with Crippen molar-refractivity contribution in [1.29, 1.82) is 0 Å². The molecular formula is C12H24N4O. The van der Waals surface area contributed by atoms with Crippen LogP contribution < -0.4 is 10.6 Å². The van der Waals surface area contributed by atoms with Crippen LogP contribution in [0.1, 0.15) is 13.8 Å². The molecule has 5 heteroatoms. The van der Waals surface area contributed by atoms with E-state index in [1.807, 2.05) is 0 Å². The lowest BCUT2D eigenvalue weighted by molar-refractivity contribution is -0.0284. The van der Waals surface area contributed by atoms with Crippen molar-refractivity contribution in [3.8, 4) is 0 Å². The molecule has 0 amide bonds. The Bertz CT molecular complexity index is 267. The number of morpholine rings is 1. The lowest BCUT2D eigenvalue weighted by Crippen LogP contribution is -2.49. The molecule has 0 aliphatic carbocycles. The summed E-state index contributed by atoms with van der Waals surface area (Å²) in [4.78, 5) is 6.80. The van der Waals surface area contributed by atoms with Crippen molar-refractivity contribution in [1.82, 2.24) is 15.5 Å². The molecule has 2 aliphatic heterocycles. The highest BCUT2D eigenvalue weighted by Gasteiger charge is 2.21. The number of nitrogens with zero attached hydrogens (tertiary/aromatic N) is 2. The highest BCUT2D eigenvalue weighted by atomic mass is 16.5. The quantitative estimate of drug-likeness (QED) is 0.720. The fourth-order valence-electron chi connectivity index (χ4n) is 2.31. The van der Waals surface area contributed by atoms with Gasteiger partial charge in [0.05, 0.1) is 19.3 Å². The second kappa shape index (κ2) is 6.21. The Morgan fingerprint density at radius 3 is 3.18 bits per heavy atom. The molecule has 98 valence electrons. The van der Waals surface area contributed by atoms with Crippen LogP contribution in [0.3, 0.4) is 0 Å². The Kier molecular flexibility index (Phi) is 4.62. The summed E-state index contributed by atoms with van der Waals surface area (Å²) in [6.07, 6.45) is 0.285. The summed E-state index contributed by atoms with van der Waals surface area (Å²) in [6.45, 7) is 11.3. The molecule has 0 aromatic rings. The van der Waals surface area contributed by atoms with Crippen molar-refractivity contribution in [2.45, 2.75) is 20.0 Å². The fraction of sp³-hybridized carbons (Fsp3) is 0.917. The normalized spacial score (nSPS) is 25.8. The molecule has 1 saturated heterocycles. The molecule has 1 fully saturated rings. The Morgan fingerprint density at radius 1 is 1.59 bits per heavy atom. The number of ether oxygens (including phenoxy) is 1. The van der Waals surface area contributed by atoms with Gasteiger partial charge in [-0.25, -0.2) is 0 Å². The standard InChI is InChI=1S/C12H24N4O/c1-10(2)8-16-5-6-17-11(9-16)7-15-12-13-3-4-14-12/h10-11H,3-9H2,1-2H3,(H2,13,14,15)/t11-/m1/s1. The minimum atomic E-state index is 0.285. The number of aliphatic imine (C=N–C) groups is 1. The maximum atomic E-state index is 5.76. The van der Waals surface area contributed by atoms with Crippen molar-refractivity contribution < 1.29 is 4.74 Å². The number of hydrogen-bond acceptors (Lipinski definition) is 5. The Balaban J connectivity index is 1.69. The zero-order valence-corrected chi connectivity index (χ0v) is 10.9. The summed E-state index contributed by atoms with van der Waals surface area (Å²) >= 11 is 0. The first kappa shape index (κ1) is 12.6. The van der Waals surface area contributed by atoms with Crippen molar-refractivity contribution in [2.24, 2.45) is 10.9 Å². The van der Waals surface area contributed by atoms with E-state index in [0.717, 1.165) is 51.2 Å². The minimum absolute atomic E-state index is 0.285. The first-order valence-electron chi connectivity index (χ1n) is 6.60. The number of hydrogen-bond donors (Lipinski definition) is 2. The van der Waals surface area contributed by atoms with Gasteiger partial charge in [-0.3, -0.25) is 9.89 Å². The average molecular weight is 240 g/mol. The van der Waals surface area contributed by atoms with E-state index < -0.39 is 0 Å². The zero-order chi connectivity index (χ0) is 12.1. The lowest BCUT2D eigenvalue weighted by Gasteiger charge is -2.34. The monoisotopic (exact) mass is 240 g/mol. The molecule has 2 rings (SSSR count). The summed E-state index contributed by atoms with van der Waals surface area (Å²) in [7, 11) is 0. The Labute approximate surface area is 104 Å². The van der Waals surface area contributed by atoms with Crippen LogP contribution in [-0.2, 0) is 4.74 Å². The first-order chi connectivity index (χ1) is 8.24. The topological polar surface area (TPSA) is 48.9 Å². The molecule has 2 N–H and O–H groups in total. The lowest BCUT2D eigenvalue weighted by atomic mass is 10.2. The molecule has 1 atom stereocenters. The van der Waals surface area contributed by atoms with E-state index in [4.69, 9.17) is 4.74 Å². The van der Waals surface area contributed by atoms with Gasteiger partial charge in [0.1, 0.15) is 0 Å². The predicted octanol–water partition coefficient (Wildman–Crippen LogP) is -0.108. The van der Waals surface area contributed by atoms with Gasteiger partial charge in [-0.05, 0) is 5.92 Å². The van der Waals surface area contributed by atoms with Crippen LogP contribution in [0.15, 0.2) is 4.99 Å². The van der Waals surface area contributed by atoms with E-state index in [1.54, 1.807) is 0 Å². The van der Waals surface area contributed by atoms with Crippen LogP contribution in [0.4, 0.5) is 0 Å². The van der Waals surface area contributed by atoms with Crippen LogP contribution in [0, 0.1) is 5.92 Å². The first-order valence-corrected chi connectivity index (χ1v) is 6.60. The van der Waals surface area contributed by atoms with Gasteiger partial charge >= 0.3 is 0 Å². The molecule has 0 unspecified atom stereocenters. The van der Waals surface area contributed by atoms with E-state index in [9.17, 15) is 0 Å². The summed E-state index contributed by atoms with van der Waals surface area (Å²) in [5.74, 6) is 1.65. The fourth-order valence-corrected chi connectivity index (χ4v) is 2.31. The van der Waals surface area contributed by atoms with Gasteiger partial charge in [0.15, 0.2) is 5.96 Å². The molecule has 2 heterocycles. The van der Waals surface area contributed by atoms with Gasteiger partial charge in [-0.15, -0.1) is 0 Å². The third-order valence-electron chi connectivity index (χ3n) is 3.02. The van der Waals surface area contributed by atoms with Crippen molar-refractivity contribution >= 4 is 5.96 Å². The molecule has 0 bridgehead atoms. The van der Waals surface area contributed by atoms with E-state index >= 15 is 0 Å².